The standard InChI is InChI=1S/C29H35FN6O/c1-34-13-4-5-21(34)18-37-29-32-26-17-35(27-9-3-6-22-23(27)7-2-8-25(22)30)14-12-24(26)28(33-29)36-15-19-10-11-20(16-36)31-19/h2-3,6-9,19-21,31H,4-5,10-18H2,1H3/t19-,20+,21-/m0/s1. The molecule has 0 spiro atoms. The van der Waals surface area contributed by atoms with Gasteiger partial charge in [0.2, 0.25) is 0 Å². The molecule has 1 N–H and O–H groups in total. The highest BCUT2D eigenvalue weighted by atomic mass is 19.1. The van der Waals surface area contributed by atoms with E-state index in [0.717, 1.165) is 61.6 Å². The third-order valence-corrected chi connectivity index (χ3v) is 8.80. The number of benzene rings is 2. The van der Waals surface area contributed by atoms with E-state index in [1.165, 1.54) is 30.9 Å². The quantitative estimate of drug-likeness (QED) is 0.570. The molecule has 4 aliphatic rings. The number of aromatic nitrogens is 2. The molecule has 5 heterocycles. The Morgan fingerprint density at radius 2 is 1.78 bits per heavy atom. The number of halogens is 1. The number of hydrogen-bond donors (Lipinski definition) is 1. The smallest absolute Gasteiger partial charge is 0.318 e. The molecule has 194 valence electrons. The Hall–Kier alpha value is -2.97. The molecule has 0 amide bonds. The van der Waals surface area contributed by atoms with Crippen LogP contribution in [0.3, 0.4) is 0 Å². The molecule has 3 saturated heterocycles. The Labute approximate surface area is 217 Å². The Morgan fingerprint density at radius 1 is 0.973 bits per heavy atom. The van der Waals surface area contributed by atoms with Crippen LogP contribution in [0.5, 0.6) is 6.01 Å². The van der Waals surface area contributed by atoms with Gasteiger partial charge in [0.25, 0.3) is 0 Å². The Morgan fingerprint density at radius 3 is 2.59 bits per heavy atom. The summed E-state index contributed by atoms with van der Waals surface area (Å²) < 4.78 is 20.8. The average Bonchev–Trinajstić information content (AvgIpc) is 3.49. The average molecular weight is 503 g/mol. The van der Waals surface area contributed by atoms with Crippen LogP contribution < -0.4 is 19.9 Å². The number of fused-ring (bicyclic) bond motifs is 4. The van der Waals surface area contributed by atoms with E-state index in [-0.39, 0.29) is 5.82 Å². The Kier molecular flexibility index (Phi) is 5.89. The van der Waals surface area contributed by atoms with Crippen LogP contribution in [0.2, 0.25) is 0 Å². The van der Waals surface area contributed by atoms with Gasteiger partial charge in [-0.05, 0) is 57.8 Å². The predicted molar refractivity (Wildman–Crippen MR) is 144 cm³/mol. The number of hydrogen-bond acceptors (Lipinski definition) is 7. The molecule has 2 aromatic carbocycles. The van der Waals surface area contributed by atoms with E-state index >= 15 is 0 Å². The van der Waals surface area contributed by atoms with Crippen molar-refractivity contribution >= 4 is 22.3 Å². The van der Waals surface area contributed by atoms with Crippen molar-refractivity contribution in [3.05, 3.63) is 53.5 Å². The Bertz CT molecular complexity index is 1310. The summed E-state index contributed by atoms with van der Waals surface area (Å²) in [5.41, 5.74) is 3.33. The zero-order valence-electron chi connectivity index (χ0n) is 21.5. The molecule has 0 aliphatic carbocycles. The summed E-state index contributed by atoms with van der Waals surface area (Å²) in [5, 5.41) is 5.35. The van der Waals surface area contributed by atoms with Gasteiger partial charge in [0.05, 0.1) is 12.2 Å². The summed E-state index contributed by atoms with van der Waals surface area (Å²) in [6.45, 7) is 5.22. The van der Waals surface area contributed by atoms with Crippen LogP contribution in [0.1, 0.15) is 36.9 Å². The molecule has 8 heteroatoms. The van der Waals surface area contributed by atoms with Crippen molar-refractivity contribution in [1.29, 1.82) is 0 Å². The maximum absolute atomic E-state index is 14.5. The lowest BCUT2D eigenvalue weighted by Crippen LogP contribution is -2.52. The fraction of sp³-hybridized carbons (Fsp3) is 0.517. The van der Waals surface area contributed by atoms with Crippen LogP contribution in [0.4, 0.5) is 15.9 Å². The first-order valence-corrected chi connectivity index (χ1v) is 13.8. The summed E-state index contributed by atoms with van der Waals surface area (Å²) >= 11 is 0. The largest absolute Gasteiger partial charge is 0.462 e. The molecular weight excluding hydrogens is 467 g/mol. The van der Waals surface area contributed by atoms with Crippen LogP contribution >= 0.6 is 0 Å². The van der Waals surface area contributed by atoms with Gasteiger partial charge in [0, 0.05) is 59.8 Å². The SMILES string of the molecule is CN1CCC[C@H]1COc1nc2c(c(N3C[C@H]4CC[C@@H](C3)N4)n1)CCN(c1cccc3c(F)cccc13)C2. The van der Waals surface area contributed by atoms with Crippen LogP contribution in [0.15, 0.2) is 36.4 Å². The minimum absolute atomic E-state index is 0.178. The zero-order chi connectivity index (χ0) is 24.9. The maximum atomic E-state index is 14.5. The van der Waals surface area contributed by atoms with Crippen LogP contribution in [0, 0.1) is 5.82 Å². The normalized spacial score (nSPS) is 25.6. The molecule has 7 rings (SSSR count). The first-order chi connectivity index (χ1) is 18.1. The van der Waals surface area contributed by atoms with Crippen molar-refractivity contribution in [3.63, 3.8) is 0 Å². The fourth-order valence-corrected chi connectivity index (χ4v) is 6.78. The van der Waals surface area contributed by atoms with Crippen LogP contribution in [0.25, 0.3) is 10.8 Å². The number of anilines is 2. The Balaban J connectivity index is 1.22. The number of nitrogens with one attached hydrogen (secondary N) is 1. The van der Waals surface area contributed by atoms with E-state index < -0.39 is 0 Å². The number of rotatable bonds is 5. The van der Waals surface area contributed by atoms with Crippen molar-refractivity contribution in [2.45, 2.75) is 56.8 Å². The molecule has 3 fully saturated rings. The molecular formula is C29H35FN6O. The topological polar surface area (TPSA) is 56.8 Å². The molecule has 2 bridgehead atoms. The lowest BCUT2D eigenvalue weighted by molar-refractivity contribution is 0.187. The molecule has 37 heavy (non-hydrogen) atoms. The van der Waals surface area contributed by atoms with Gasteiger partial charge < -0.3 is 24.8 Å². The number of ether oxygens (including phenoxy) is 1. The molecule has 4 aliphatic heterocycles. The van der Waals surface area contributed by atoms with E-state index in [4.69, 9.17) is 14.7 Å². The summed E-state index contributed by atoms with van der Waals surface area (Å²) in [7, 11) is 2.17. The number of nitrogens with zero attached hydrogens (tertiary/aromatic N) is 5. The second kappa shape index (κ2) is 9.40. The van der Waals surface area contributed by atoms with Crippen molar-refractivity contribution in [1.82, 2.24) is 20.2 Å². The summed E-state index contributed by atoms with van der Waals surface area (Å²) in [6, 6.07) is 13.2. The molecule has 3 atom stereocenters. The molecule has 0 radical (unpaired) electrons. The van der Waals surface area contributed by atoms with Gasteiger partial charge in [-0.3, -0.25) is 0 Å². The lowest BCUT2D eigenvalue weighted by atomic mass is 10.0. The van der Waals surface area contributed by atoms with Crippen LogP contribution in [-0.4, -0.2) is 72.8 Å². The molecule has 0 saturated carbocycles. The number of piperazine rings is 1. The molecule has 1 aromatic heterocycles. The third-order valence-electron chi connectivity index (χ3n) is 8.80. The van der Waals surface area contributed by atoms with Gasteiger partial charge in [0.1, 0.15) is 18.2 Å². The lowest BCUT2D eigenvalue weighted by Gasteiger charge is -2.37. The highest BCUT2D eigenvalue weighted by Crippen LogP contribution is 2.36. The van der Waals surface area contributed by atoms with E-state index in [9.17, 15) is 4.39 Å². The fourth-order valence-electron chi connectivity index (χ4n) is 6.78. The van der Waals surface area contributed by atoms with Crippen molar-refractivity contribution in [2.75, 3.05) is 49.6 Å². The summed E-state index contributed by atoms with van der Waals surface area (Å²) in [6.07, 6.45) is 5.70. The molecule has 0 unspecified atom stereocenters. The highest BCUT2D eigenvalue weighted by Gasteiger charge is 2.35. The van der Waals surface area contributed by atoms with Crippen molar-refractivity contribution < 1.29 is 9.13 Å². The minimum Gasteiger partial charge on any atom is -0.462 e. The van der Waals surface area contributed by atoms with Gasteiger partial charge >= 0.3 is 6.01 Å². The second-order valence-corrected chi connectivity index (χ2v) is 11.2. The predicted octanol–water partition coefficient (Wildman–Crippen LogP) is 3.75. The number of likely N-dealkylation sites (tertiary alicyclic amines) is 1. The van der Waals surface area contributed by atoms with Crippen molar-refractivity contribution in [2.24, 2.45) is 0 Å². The first-order valence-electron chi connectivity index (χ1n) is 13.8. The molecule has 7 nitrogen and oxygen atoms in total. The second-order valence-electron chi connectivity index (χ2n) is 11.2. The van der Waals surface area contributed by atoms with Gasteiger partial charge in [-0.15, -0.1) is 0 Å². The molecule has 3 aromatic rings. The van der Waals surface area contributed by atoms with Gasteiger partial charge in [0.15, 0.2) is 0 Å². The zero-order valence-corrected chi connectivity index (χ0v) is 21.5. The van der Waals surface area contributed by atoms with Gasteiger partial charge in [-0.1, -0.05) is 24.3 Å². The van der Waals surface area contributed by atoms with E-state index in [2.05, 4.69) is 33.1 Å². The van der Waals surface area contributed by atoms with E-state index in [1.807, 2.05) is 18.2 Å². The monoisotopic (exact) mass is 502 g/mol. The third kappa shape index (κ3) is 4.30. The minimum atomic E-state index is -0.178. The maximum Gasteiger partial charge on any atom is 0.318 e. The van der Waals surface area contributed by atoms with Gasteiger partial charge in [-0.25, -0.2) is 4.39 Å². The first kappa shape index (κ1) is 23.2. The van der Waals surface area contributed by atoms with Gasteiger partial charge in [-0.2, -0.15) is 9.97 Å². The van der Waals surface area contributed by atoms with Crippen molar-refractivity contribution in [3.8, 4) is 6.01 Å². The van der Waals surface area contributed by atoms with E-state index in [1.54, 1.807) is 6.07 Å². The summed E-state index contributed by atoms with van der Waals surface area (Å²) in [4.78, 5) is 17.2. The van der Waals surface area contributed by atoms with Crippen LogP contribution in [-0.2, 0) is 13.0 Å². The highest BCUT2D eigenvalue weighted by molar-refractivity contribution is 5.94. The summed E-state index contributed by atoms with van der Waals surface area (Å²) in [5.74, 6) is 0.879. The van der Waals surface area contributed by atoms with E-state index in [0.29, 0.717) is 42.7 Å². The number of likely N-dealkylation sites (N-methyl/N-ethyl adjacent to an activating group) is 1.